The number of halogens is 2. The zero-order valence-corrected chi connectivity index (χ0v) is 15.9. The minimum Gasteiger partial charge on any atom is -0.469 e. The maximum atomic E-state index is 11.9. The summed E-state index contributed by atoms with van der Waals surface area (Å²) in [6, 6.07) is 11.8. The Morgan fingerprint density at radius 2 is 1.92 bits per heavy atom. The van der Waals surface area contributed by atoms with E-state index in [2.05, 4.69) is 4.57 Å². The van der Waals surface area contributed by atoms with Crippen LogP contribution in [0.3, 0.4) is 0 Å². The van der Waals surface area contributed by atoms with Gasteiger partial charge in [-0.15, -0.1) is 0 Å². The summed E-state index contributed by atoms with van der Waals surface area (Å²) in [6.07, 6.45) is 0.239. The molecule has 0 aliphatic rings. The lowest BCUT2D eigenvalue weighted by atomic mass is 10.1. The highest BCUT2D eigenvalue weighted by Crippen LogP contribution is 2.32. The Labute approximate surface area is 157 Å². The summed E-state index contributed by atoms with van der Waals surface area (Å²) in [5.41, 5.74) is 5.09. The van der Waals surface area contributed by atoms with Crippen LogP contribution >= 0.6 is 23.2 Å². The number of aromatic nitrogens is 1. The van der Waals surface area contributed by atoms with Crippen molar-refractivity contribution >= 4 is 40.1 Å². The largest absolute Gasteiger partial charge is 0.469 e. The van der Waals surface area contributed by atoms with E-state index in [1.807, 2.05) is 50.2 Å². The van der Waals surface area contributed by atoms with E-state index in [9.17, 15) is 4.79 Å². The Hall–Kier alpha value is -1.97. The van der Waals surface area contributed by atoms with Crippen molar-refractivity contribution in [2.45, 2.75) is 26.8 Å². The Morgan fingerprint density at radius 3 is 2.60 bits per heavy atom. The highest BCUT2D eigenvalue weighted by atomic mass is 35.5. The lowest BCUT2D eigenvalue weighted by Gasteiger charge is -2.10. The summed E-state index contributed by atoms with van der Waals surface area (Å²) >= 11 is 12.5. The first-order chi connectivity index (χ1) is 11.9. The lowest BCUT2D eigenvalue weighted by Crippen LogP contribution is -2.07. The molecule has 130 valence electrons. The summed E-state index contributed by atoms with van der Waals surface area (Å²) in [7, 11) is 1.41. The van der Waals surface area contributed by atoms with E-state index in [0.29, 0.717) is 16.6 Å². The zero-order chi connectivity index (χ0) is 18.1. The van der Waals surface area contributed by atoms with Gasteiger partial charge in [0.05, 0.1) is 19.0 Å². The SMILES string of the molecule is COC(=O)Cc1c(C)n(Cc2cccc(Cl)c2)c2cc(Cl)c(C)cc12. The predicted octanol–water partition coefficient (Wildman–Crippen LogP) is 5.33. The van der Waals surface area contributed by atoms with Gasteiger partial charge in [-0.25, -0.2) is 0 Å². The minimum absolute atomic E-state index is 0.239. The fraction of sp³-hybridized carbons (Fsp3) is 0.250. The first kappa shape index (κ1) is 17.8. The number of hydrogen-bond donors (Lipinski definition) is 0. The highest BCUT2D eigenvalue weighted by Gasteiger charge is 2.18. The minimum atomic E-state index is -0.252. The van der Waals surface area contributed by atoms with Crippen molar-refractivity contribution in [1.82, 2.24) is 4.57 Å². The number of carbonyl (C=O) groups excluding carboxylic acids is 1. The van der Waals surface area contributed by atoms with Crippen LogP contribution in [0.2, 0.25) is 10.0 Å². The topological polar surface area (TPSA) is 31.2 Å². The number of rotatable bonds is 4. The molecule has 3 nitrogen and oxygen atoms in total. The van der Waals surface area contributed by atoms with Crippen LogP contribution in [0, 0.1) is 13.8 Å². The average molecular weight is 376 g/mol. The zero-order valence-electron chi connectivity index (χ0n) is 14.4. The normalized spacial score (nSPS) is 11.1. The Balaban J connectivity index is 2.18. The van der Waals surface area contributed by atoms with Crippen LogP contribution in [-0.2, 0) is 22.5 Å². The number of fused-ring (bicyclic) bond motifs is 1. The standard InChI is InChI=1S/C20H19Cl2NO2/c1-12-7-17-16(9-20(24)25-3)13(2)23(19(17)10-18(12)22)11-14-5-4-6-15(21)8-14/h4-8,10H,9,11H2,1-3H3. The molecule has 1 aromatic heterocycles. The molecule has 0 saturated carbocycles. The van der Waals surface area contributed by atoms with E-state index in [0.717, 1.165) is 33.3 Å². The number of methoxy groups -OCH3 is 1. The van der Waals surface area contributed by atoms with Crippen molar-refractivity contribution in [2.75, 3.05) is 7.11 Å². The van der Waals surface area contributed by atoms with Crippen LogP contribution in [-0.4, -0.2) is 17.6 Å². The van der Waals surface area contributed by atoms with Gasteiger partial charge in [-0.1, -0.05) is 35.3 Å². The first-order valence-electron chi connectivity index (χ1n) is 7.99. The Kier molecular flexibility index (Phi) is 5.07. The number of nitrogens with zero attached hydrogens (tertiary/aromatic N) is 1. The van der Waals surface area contributed by atoms with Crippen molar-refractivity contribution in [3.63, 3.8) is 0 Å². The lowest BCUT2D eigenvalue weighted by molar-refractivity contribution is -0.139. The molecule has 25 heavy (non-hydrogen) atoms. The summed E-state index contributed by atoms with van der Waals surface area (Å²) < 4.78 is 7.03. The van der Waals surface area contributed by atoms with Crippen molar-refractivity contribution in [1.29, 1.82) is 0 Å². The summed E-state index contributed by atoms with van der Waals surface area (Å²) in [5.74, 6) is -0.252. The Morgan fingerprint density at radius 1 is 1.16 bits per heavy atom. The third kappa shape index (κ3) is 3.53. The van der Waals surface area contributed by atoms with Crippen LogP contribution in [0.15, 0.2) is 36.4 Å². The molecule has 0 N–H and O–H groups in total. The van der Waals surface area contributed by atoms with Gasteiger partial charge in [-0.2, -0.15) is 0 Å². The second-order valence-corrected chi connectivity index (χ2v) is 7.00. The van der Waals surface area contributed by atoms with Gasteiger partial charge < -0.3 is 9.30 Å². The molecule has 1 heterocycles. The molecule has 0 radical (unpaired) electrons. The van der Waals surface area contributed by atoms with E-state index in [1.165, 1.54) is 7.11 Å². The predicted molar refractivity (Wildman–Crippen MR) is 103 cm³/mol. The molecular formula is C20H19Cl2NO2. The Bertz CT molecular complexity index is 960. The molecule has 5 heteroatoms. The highest BCUT2D eigenvalue weighted by molar-refractivity contribution is 6.32. The molecule has 0 amide bonds. The molecule has 0 atom stereocenters. The number of ether oxygens (including phenoxy) is 1. The molecule has 0 fully saturated rings. The molecular weight excluding hydrogens is 357 g/mol. The molecule has 2 aromatic carbocycles. The molecule has 0 bridgehead atoms. The van der Waals surface area contributed by atoms with E-state index >= 15 is 0 Å². The van der Waals surface area contributed by atoms with Crippen LogP contribution < -0.4 is 0 Å². The molecule has 3 aromatic rings. The fourth-order valence-electron chi connectivity index (χ4n) is 3.14. The van der Waals surface area contributed by atoms with Gasteiger partial charge in [0.15, 0.2) is 0 Å². The van der Waals surface area contributed by atoms with Gasteiger partial charge in [0.1, 0.15) is 0 Å². The second-order valence-electron chi connectivity index (χ2n) is 6.15. The van der Waals surface area contributed by atoms with Gasteiger partial charge in [0.2, 0.25) is 0 Å². The molecule has 0 aliphatic heterocycles. The third-order valence-electron chi connectivity index (χ3n) is 4.51. The smallest absolute Gasteiger partial charge is 0.310 e. The van der Waals surface area contributed by atoms with Crippen molar-refractivity contribution < 1.29 is 9.53 Å². The summed E-state index contributed by atoms with van der Waals surface area (Å²) in [6.45, 7) is 4.64. The monoisotopic (exact) mass is 375 g/mol. The van der Waals surface area contributed by atoms with Gasteiger partial charge >= 0.3 is 5.97 Å². The van der Waals surface area contributed by atoms with Crippen LogP contribution in [0.25, 0.3) is 10.9 Å². The van der Waals surface area contributed by atoms with Crippen LogP contribution in [0.5, 0.6) is 0 Å². The number of hydrogen-bond acceptors (Lipinski definition) is 2. The number of benzene rings is 2. The average Bonchev–Trinajstić information content (AvgIpc) is 2.81. The quantitative estimate of drug-likeness (QED) is 0.577. The first-order valence-corrected chi connectivity index (χ1v) is 8.75. The van der Waals surface area contributed by atoms with E-state index in [1.54, 1.807) is 0 Å². The number of carbonyl (C=O) groups is 1. The van der Waals surface area contributed by atoms with E-state index in [4.69, 9.17) is 27.9 Å². The molecule has 0 saturated heterocycles. The molecule has 0 aliphatic carbocycles. The maximum Gasteiger partial charge on any atom is 0.310 e. The summed E-state index contributed by atoms with van der Waals surface area (Å²) in [4.78, 5) is 11.9. The molecule has 0 spiro atoms. The third-order valence-corrected chi connectivity index (χ3v) is 5.16. The van der Waals surface area contributed by atoms with Gasteiger partial charge in [0, 0.05) is 27.7 Å². The van der Waals surface area contributed by atoms with Crippen molar-refractivity contribution in [2.24, 2.45) is 0 Å². The van der Waals surface area contributed by atoms with Crippen LogP contribution in [0.1, 0.15) is 22.4 Å². The van der Waals surface area contributed by atoms with Gasteiger partial charge in [0.25, 0.3) is 0 Å². The maximum absolute atomic E-state index is 11.9. The molecule has 0 unspecified atom stereocenters. The molecule has 3 rings (SSSR count). The number of esters is 1. The summed E-state index contributed by atoms with van der Waals surface area (Å²) in [5, 5.41) is 2.45. The van der Waals surface area contributed by atoms with E-state index < -0.39 is 0 Å². The number of aryl methyl sites for hydroxylation is 1. The van der Waals surface area contributed by atoms with Crippen molar-refractivity contribution in [3.8, 4) is 0 Å². The van der Waals surface area contributed by atoms with Gasteiger partial charge in [-0.3, -0.25) is 4.79 Å². The fourth-order valence-corrected chi connectivity index (χ4v) is 3.51. The second kappa shape index (κ2) is 7.11. The van der Waals surface area contributed by atoms with Crippen LogP contribution in [0.4, 0.5) is 0 Å². The van der Waals surface area contributed by atoms with Crippen molar-refractivity contribution in [3.05, 3.63) is 68.8 Å². The van der Waals surface area contributed by atoms with Gasteiger partial charge in [-0.05, 0) is 54.8 Å². The van der Waals surface area contributed by atoms with E-state index in [-0.39, 0.29) is 12.4 Å².